The number of hydrogen-bond acceptors (Lipinski definition) is 6. The maximum atomic E-state index is 11.6. The predicted octanol–water partition coefficient (Wildman–Crippen LogP) is 1.87. The van der Waals surface area contributed by atoms with E-state index in [2.05, 4.69) is 9.88 Å². The predicted molar refractivity (Wildman–Crippen MR) is 92.3 cm³/mol. The molecule has 0 aromatic carbocycles. The Morgan fingerprint density at radius 3 is 2.88 bits per heavy atom. The highest BCUT2D eigenvalue weighted by Crippen LogP contribution is 2.28. The standard InChI is InChI=1S/C18H25N3O3/c22-16-4-3-9-21(15-16)17-14-19-6-5-18(17)24-13-12-23-11-10-20-7-1-2-8-20/h3,5-6,9,14H,1-2,4,7-8,10-13,15H2. The van der Waals surface area contributed by atoms with Crippen molar-refractivity contribution in [1.29, 1.82) is 0 Å². The molecule has 6 heteroatoms. The van der Waals surface area contributed by atoms with Gasteiger partial charge in [0.25, 0.3) is 0 Å². The van der Waals surface area contributed by atoms with E-state index in [1.165, 1.54) is 25.9 Å². The number of hydrogen-bond donors (Lipinski definition) is 0. The van der Waals surface area contributed by atoms with Gasteiger partial charge in [0.15, 0.2) is 5.78 Å². The summed E-state index contributed by atoms with van der Waals surface area (Å²) in [6.45, 7) is 5.56. The largest absolute Gasteiger partial charge is 0.489 e. The second-order valence-electron chi connectivity index (χ2n) is 6.11. The number of allylic oxidation sites excluding steroid dienone is 1. The van der Waals surface area contributed by atoms with Crippen molar-refractivity contribution < 1.29 is 14.3 Å². The third kappa shape index (κ3) is 4.79. The molecule has 0 aliphatic carbocycles. The summed E-state index contributed by atoms with van der Waals surface area (Å²) in [6.07, 6.45) is 10.3. The second-order valence-corrected chi connectivity index (χ2v) is 6.11. The van der Waals surface area contributed by atoms with E-state index in [-0.39, 0.29) is 5.78 Å². The highest BCUT2D eigenvalue weighted by atomic mass is 16.5. The molecular weight excluding hydrogens is 306 g/mol. The number of anilines is 1. The van der Waals surface area contributed by atoms with Gasteiger partial charge in [-0.05, 0) is 25.9 Å². The molecule has 0 bridgehead atoms. The average Bonchev–Trinajstić information content (AvgIpc) is 3.12. The lowest BCUT2D eigenvalue weighted by atomic mass is 10.2. The van der Waals surface area contributed by atoms with Crippen molar-refractivity contribution in [2.45, 2.75) is 19.3 Å². The molecule has 0 atom stereocenters. The van der Waals surface area contributed by atoms with Gasteiger partial charge in [0.05, 0.1) is 26.0 Å². The lowest BCUT2D eigenvalue weighted by molar-refractivity contribution is -0.117. The maximum absolute atomic E-state index is 11.6. The fourth-order valence-electron chi connectivity index (χ4n) is 3.01. The molecule has 2 aliphatic rings. The molecule has 1 saturated heterocycles. The number of nitrogens with zero attached hydrogens (tertiary/aromatic N) is 3. The van der Waals surface area contributed by atoms with Crippen molar-refractivity contribution in [2.24, 2.45) is 0 Å². The minimum Gasteiger partial charge on any atom is -0.489 e. The fourth-order valence-corrected chi connectivity index (χ4v) is 3.01. The van der Waals surface area contributed by atoms with Crippen LogP contribution in [0.3, 0.4) is 0 Å². The third-order valence-electron chi connectivity index (χ3n) is 4.28. The number of aromatic nitrogens is 1. The summed E-state index contributed by atoms with van der Waals surface area (Å²) in [4.78, 5) is 20.1. The Kier molecular flexibility index (Phi) is 6.20. The van der Waals surface area contributed by atoms with Gasteiger partial charge in [-0.15, -0.1) is 0 Å². The summed E-state index contributed by atoms with van der Waals surface area (Å²) in [7, 11) is 0. The number of rotatable bonds is 8. The normalized spacial score (nSPS) is 18.3. The summed E-state index contributed by atoms with van der Waals surface area (Å²) in [5.74, 6) is 0.921. The van der Waals surface area contributed by atoms with Crippen LogP contribution in [0, 0.1) is 0 Å². The van der Waals surface area contributed by atoms with Crippen molar-refractivity contribution in [1.82, 2.24) is 9.88 Å². The van der Waals surface area contributed by atoms with E-state index in [0.717, 1.165) is 24.6 Å². The van der Waals surface area contributed by atoms with Gasteiger partial charge in [0.1, 0.15) is 18.0 Å². The molecular formula is C18H25N3O3. The number of ketones is 1. The minimum atomic E-state index is 0.192. The number of ether oxygens (including phenoxy) is 2. The molecule has 1 fully saturated rings. The van der Waals surface area contributed by atoms with Crippen LogP contribution >= 0.6 is 0 Å². The smallest absolute Gasteiger partial charge is 0.156 e. The summed E-state index contributed by atoms with van der Waals surface area (Å²) in [5, 5.41) is 0. The molecule has 0 spiro atoms. The van der Waals surface area contributed by atoms with Crippen molar-refractivity contribution in [3.8, 4) is 5.75 Å². The number of carbonyl (C=O) groups is 1. The lowest BCUT2D eigenvalue weighted by Gasteiger charge is -2.24. The topological polar surface area (TPSA) is 54.9 Å². The first-order chi connectivity index (χ1) is 11.8. The first kappa shape index (κ1) is 16.9. The van der Waals surface area contributed by atoms with Gasteiger partial charge in [-0.25, -0.2) is 0 Å². The average molecular weight is 331 g/mol. The van der Waals surface area contributed by atoms with Crippen LogP contribution < -0.4 is 9.64 Å². The summed E-state index contributed by atoms with van der Waals surface area (Å²) < 4.78 is 11.5. The van der Waals surface area contributed by atoms with Crippen LogP contribution in [0.5, 0.6) is 5.75 Å². The van der Waals surface area contributed by atoms with Crippen molar-refractivity contribution in [3.63, 3.8) is 0 Å². The molecule has 130 valence electrons. The lowest BCUT2D eigenvalue weighted by Crippen LogP contribution is -2.28. The monoisotopic (exact) mass is 331 g/mol. The van der Waals surface area contributed by atoms with Gasteiger partial charge < -0.3 is 19.3 Å². The Hall–Kier alpha value is -1.92. The number of carbonyl (C=O) groups excluding carboxylic acids is 1. The molecule has 3 rings (SSSR count). The van der Waals surface area contributed by atoms with Gasteiger partial charge in [0.2, 0.25) is 0 Å². The van der Waals surface area contributed by atoms with Crippen LogP contribution in [-0.4, -0.2) is 61.7 Å². The van der Waals surface area contributed by atoms with Gasteiger partial charge >= 0.3 is 0 Å². The van der Waals surface area contributed by atoms with Crippen LogP contribution in [0.1, 0.15) is 19.3 Å². The molecule has 1 aromatic rings. The Bertz CT molecular complexity index is 570. The number of pyridine rings is 1. The van der Waals surface area contributed by atoms with E-state index in [1.807, 2.05) is 23.2 Å². The van der Waals surface area contributed by atoms with Crippen LogP contribution in [0.2, 0.25) is 0 Å². The molecule has 0 saturated carbocycles. The Morgan fingerprint density at radius 2 is 2.04 bits per heavy atom. The Balaban J connectivity index is 1.42. The molecule has 3 heterocycles. The second kappa shape index (κ2) is 8.80. The summed E-state index contributed by atoms with van der Waals surface area (Å²) in [5.41, 5.74) is 0.818. The van der Waals surface area contributed by atoms with Crippen LogP contribution in [-0.2, 0) is 9.53 Å². The number of likely N-dealkylation sites (tertiary alicyclic amines) is 1. The van der Waals surface area contributed by atoms with Gasteiger partial charge in [-0.3, -0.25) is 9.78 Å². The Labute approximate surface area is 143 Å². The highest BCUT2D eigenvalue weighted by molar-refractivity contribution is 5.87. The van der Waals surface area contributed by atoms with Crippen molar-refractivity contribution in [3.05, 3.63) is 30.7 Å². The van der Waals surface area contributed by atoms with Crippen molar-refractivity contribution in [2.75, 3.05) is 50.9 Å². The molecule has 2 aliphatic heterocycles. The molecule has 0 N–H and O–H groups in total. The van der Waals surface area contributed by atoms with E-state index in [1.54, 1.807) is 12.4 Å². The highest BCUT2D eigenvalue weighted by Gasteiger charge is 2.16. The molecule has 6 nitrogen and oxygen atoms in total. The van der Waals surface area contributed by atoms with Crippen LogP contribution in [0.4, 0.5) is 5.69 Å². The molecule has 0 amide bonds. The van der Waals surface area contributed by atoms with Gasteiger partial charge in [0, 0.05) is 31.4 Å². The molecule has 0 radical (unpaired) electrons. The SMILES string of the molecule is O=C1CC=CN(c2cnccc2OCCOCCN2CCCC2)C1. The first-order valence-electron chi connectivity index (χ1n) is 8.65. The van der Waals surface area contributed by atoms with E-state index < -0.39 is 0 Å². The van der Waals surface area contributed by atoms with Crippen molar-refractivity contribution >= 4 is 11.5 Å². The molecule has 0 unspecified atom stereocenters. The quantitative estimate of drug-likeness (QED) is 0.678. The third-order valence-corrected chi connectivity index (χ3v) is 4.28. The van der Waals surface area contributed by atoms with Gasteiger partial charge in [-0.2, -0.15) is 0 Å². The summed E-state index contributed by atoms with van der Waals surface area (Å²) in [6, 6.07) is 1.83. The zero-order chi connectivity index (χ0) is 16.6. The zero-order valence-corrected chi connectivity index (χ0v) is 14.0. The zero-order valence-electron chi connectivity index (χ0n) is 14.0. The van der Waals surface area contributed by atoms with E-state index in [0.29, 0.717) is 26.2 Å². The van der Waals surface area contributed by atoms with Crippen LogP contribution in [0.15, 0.2) is 30.7 Å². The van der Waals surface area contributed by atoms with E-state index in [9.17, 15) is 4.79 Å². The van der Waals surface area contributed by atoms with Gasteiger partial charge in [-0.1, -0.05) is 6.08 Å². The van der Waals surface area contributed by atoms with E-state index in [4.69, 9.17) is 9.47 Å². The Morgan fingerprint density at radius 1 is 1.17 bits per heavy atom. The molecule has 1 aromatic heterocycles. The summed E-state index contributed by atoms with van der Waals surface area (Å²) >= 11 is 0. The first-order valence-corrected chi connectivity index (χ1v) is 8.65. The molecule has 24 heavy (non-hydrogen) atoms. The fraction of sp³-hybridized carbons (Fsp3) is 0.556. The van der Waals surface area contributed by atoms with Crippen LogP contribution in [0.25, 0.3) is 0 Å². The maximum Gasteiger partial charge on any atom is 0.156 e. The number of Topliss-reactive ketones (excluding diaryl/α,β-unsaturated/α-hetero) is 1. The van der Waals surface area contributed by atoms with E-state index >= 15 is 0 Å². The minimum absolute atomic E-state index is 0.192.